The van der Waals surface area contributed by atoms with Crippen LogP contribution < -0.4 is 14.8 Å². The fraction of sp³-hybridized carbons (Fsp3) is 0.591. The van der Waals surface area contributed by atoms with Gasteiger partial charge in [-0.3, -0.25) is 4.90 Å². The van der Waals surface area contributed by atoms with E-state index in [-0.39, 0.29) is 19.3 Å². The van der Waals surface area contributed by atoms with Crippen LogP contribution in [0.4, 0.5) is 4.79 Å². The second-order valence-electron chi connectivity index (χ2n) is 7.63. The minimum Gasteiger partial charge on any atom is -0.497 e. The topological polar surface area (TPSA) is 89.6 Å². The third kappa shape index (κ3) is 5.53. The highest BCUT2D eigenvalue weighted by Gasteiger charge is 2.44. The zero-order valence-corrected chi connectivity index (χ0v) is 19.6. The van der Waals surface area contributed by atoms with Crippen molar-refractivity contribution in [1.29, 1.82) is 0 Å². The molecule has 1 N–H and O–H groups in total. The number of likely N-dealkylation sites (tertiary alicyclic amines) is 1. The predicted molar refractivity (Wildman–Crippen MR) is 122 cm³/mol. The number of thiocarbonyl (C=S) groups is 1. The van der Waals surface area contributed by atoms with Gasteiger partial charge in [0.15, 0.2) is 11.2 Å². The van der Waals surface area contributed by atoms with Gasteiger partial charge in [-0.1, -0.05) is 0 Å². The van der Waals surface area contributed by atoms with Gasteiger partial charge < -0.3 is 29.2 Å². The average Bonchev–Trinajstić information content (AvgIpc) is 3.20. The number of nitrogens with zero attached hydrogens (tertiary/aromatic N) is 2. The highest BCUT2D eigenvalue weighted by atomic mass is 32.1. The fourth-order valence-electron chi connectivity index (χ4n) is 4.10. The van der Waals surface area contributed by atoms with E-state index in [1.165, 1.54) is 0 Å². The number of carbonyl (C=O) groups excluding carboxylic acids is 2. The van der Waals surface area contributed by atoms with Crippen LogP contribution in [0.25, 0.3) is 0 Å². The van der Waals surface area contributed by atoms with Crippen LogP contribution in [0.15, 0.2) is 18.2 Å². The zero-order chi connectivity index (χ0) is 23.1. The second-order valence-corrected chi connectivity index (χ2v) is 8.02. The standard InChI is InChI=1S/C22H31N3O6S/c1-4-30-20(26)18-14-31-22(27)25(18)16-8-11-24(12-9-16)21(32)23-10-7-15-13-17(28-2)5-6-19(15)29-3/h5-6,13,16,18H,4,7-12,14H2,1-3H3,(H,23,32)/t18-/m0/s1. The van der Waals surface area contributed by atoms with Gasteiger partial charge in [0.05, 0.1) is 20.8 Å². The van der Waals surface area contributed by atoms with E-state index in [4.69, 9.17) is 31.2 Å². The van der Waals surface area contributed by atoms with E-state index in [0.29, 0.717) is 37.6 Å². The van der Waals surface area contributed by atoms with Crippen LogP contribution in [-0.4, -0.2) is 86.1 Å². The number of amides is 1. The van der Waals surface area contributed by atoms with Gasteiger partial charge in [0.1, 0.15) is 18.1 Å². The lowest BCUT2D eigenvalue weighted by atomic mass is 10.0. The maximum Gasteiger partial charge on any atom is 0.410 e. The first-order valence-electron chi connectivity index (χ1n) is 10.8. The summed E-state index contributed by atoms with van der Waals surface area (Å²) in [4.78, 5) is 28.0. The molecule has 1 atom stereocenters. The van der Waals surface area contributed by atoms with E-state index in [1.807, 2.05) is 18.2 Å². The number of methoxy groups -OCH3 is 2. The van der Waals surface area contributed by atoms with Crippen LogP contribution in [0, 0.1) is 0 Å². The van der Waals surface area contributed by atoms with Gasteiger partial charge >= 0.3 is 12.1 Å². The lowest BCUT2D eigenvalue weighted by Gasteiger charge is -2.38. The molecule has 176 valence electrons. The predicted octanol–water partition coefficient (Wildman–Crippen LogP) is 1.97. The van der Waals surface area contributed by atoms with Gasteiger partial charge in [-0.15, -0.1) is 0 Å². The van der Waals surface area contributed by atoms with Gasteiger partial charge in [0, 0.05) is 25.7 Å². The number of esters is 1. The van der Waals surface area contributed by atoms with Crippen molar-refractivity contribution in [2.45, 2.75) is 38.3 Å². The Morgan fingerprint density at radius 2 is 2.00 bits per heavy atom. The van der Waals surface area contributed by atoms with E-state index < -0.39 is 18.1 Å². The normalized spacial score (nSPS) is 18.8. The molecule has 0 saturated carbocycles. The number of hydrogen-bond acceptors (Lipinski definition) is 7. The van der Waals surface area contributed by atoms with E-state index in [9.17, 15) is 9.59 Å². The van der Waals surface area contributed by atoms with Crippen LogP contribution >= 0.6 is 12.2 Å². The number of benzene rings is 1. The number of cyclic esters (lactones) is 1. The summed E-state index contributed by atoms with van der Waals surface area (Å²) in [5.41, 5.74) is 1.04. The summed E-state index contributed by atoms with van der Waals surface area (Å²) in [5.74, 6) is 1.19. The zero-order valence-electron chi connectivity index (χ0n) is 18.8. The molecule has 1 aromatic rings. The van der Waals surface area contributed by atoms with Gasteiger partial charge in [0.2, 0.25) is 0 Å². The number of carbonyl (C=O) groups is 2. The Bertz CT molecular complexity index is 828. The molecule has 10 heteroatoms. The summed E-state index contributed by atoms with van der Waals surface area (Å²) in [6.45, 7) is 4.11. The first-order chi connectivity index (χ1) is 15.5. The molecular formula is C22H31N3O6S. The summed E-state index contributed by atoms with van der Waals surface area (Å²) >= 11 is 5.57. The lowest BCUT2D eigenvalue weighted by molar-refractivity contribution is -0.148. The maximum atomic E-state index is 12.2. The molecule has 0 aliphatic carbocycles. The molecule has 32 heavy (non-hydrogen) atoms. The largest absolute Gasteiger partial charge is 0.497 e. The Labute approximate surface area is 193 Å². The average molecular weight is 466 g/mol. The van der Waals surface area contributed by atoms with Crippen molar-refractivity contribution >= 4 is 29.4 Å². The summed E-state index contributed by atoms with van der Waals surface area (Å²) in [6.07, 6.45) is 1.69. The van der Waals surface area contributed by atoms with E-state index >= 15 is 0 Å². The SMILES string of the molecule is CCOC(=O)[C@@H]1COC(=O)N1C1CCN(C(=S)NCCc2cc(OC)ccc2OC)CC1. The van der Waals surface area contributed by atoms with Gasteiger partial charge in [-0.05, 0) is 62.2 Å². The molecule has 2 aliphatic rings. The summed E-state index contributed by atoms with van der Waals surface area (Å²) < 4.78 is 20.9. The number of nitrogens with one attached hydrogen (secondary N) is 1. The van der Waals surface area contributed by atoms with Gasteiger partial charge in [-0.25, -0.2) is 9.59 Å². The Morgan fingerprint density at radius 3 is 2.66 bits per heavy atom. The van der Waals surface area contributed by atoms with Crippen molar-refractivity contribution in [3.63, 3.8) is 0 Å². The van der Waals surface area contributed by atoms with Crippen LogP contribution in [0.2, 0.25) is 0 Å². The Kier molecular flexibility index (Phi) is 8.38. The minimum atomic E-state index is -0.665. The summed E-state index contributed by atoms with van der Waals surface area (Å²) in [5, 5.41) is 3.99. The van der Waals surface area contributed by atoms with Crippen molar-refractivity contribution < 1.29 is 28.5 Å². The molecule has 1 amide bonds. The number of ether oxygens (including phenoxy) is 4. The molecule has 2 fully saturated rings. The highest BCUT2D eigenvalue weighted by Crippen LogP contribution is 2.26. The minimum absolute atomic E-state index is 0.0472. The number of piperidine rings is 1. The van der Waals surface area contributed by atoms with Crippen LogP contribution in [0.3, 0.4) is 0 Å². The highest BCUT2D eigenvalue weighted by molar-refractivity contribution is 7.80. The molecule has 0 aromatic heterocycles. The molecule has 1 aromatic carbocycles. The second kappa shape index (κ2) is 11.2. The first-order valence-corrected chi connectivity index (χ1v) is 11.2. The van der Waals surface area contributed by atoms with Crippen LogP contribution in [0.5, 0.6) is 11.5 Å². The van der Waals surface area contributed by atoms with Crippen LogP contribution in [-0.2, 0) is 20.7 Å². The lowest BCUT2D eigenvalue weighted by Crippen LogP contribution is -2.53. The number of rotatable bonds is 8. The third-order valence-electron chi connectivity index (χ3n) is 5.77. The van der Waals surface area contributed by atoms with Crippen molar-refractivity contribution in [2.24, 2.45) is 0 Å². The van der Waals surface area contributed by atoms with Gasteiger partial charge in [-0.2, -0.15) is 0 Å². The molecule has 2 aliphatic heterocycles. The Balaban J connectivity index is 1.48. The monoisotopic (exact) mass is 465 g/mol. The summed E-state index contributed by atoms with van der Waals surface area (Å²) in [6, 6.07) is 4.99. The van der Waals surface area contributed by atoms with E-state index in [0.717, 1.165) is 23.5 Å². The molecule has 0 spiro atoms. The van der Waals surface area contributed by atoms with Crippen molar-refractivity contribution in [2.75, 3.05) is 47.1 Å². The molecule has 0 unspecified atom stereocenters. The third-order valence-corrected chi connectivity index (χ3v) is 6.18. The Hall–Kier alpha value is -2.75. The van der Waals surface area contributed by atoms with Crippen molar-refractivity contribution in [1.82, 2.24) is 15.1 Å². The van der Waals surface area contributed by atoms with E-state index in [1.54, 1.807) is 26.0 Å². The first kappa shape index (κ1) is 23.9. The van der Waals surface area contributed by atoms with E-state index in [2.05, 4.69) is 10.2 Å². The quantitative estimate of drug-likeness (QED) is 0.457. The van der Waals surface area contributed by atoms with Gasteiger partial charge in [0.25, 0.3) is 0 Å². The van der Waals surface area contributed by atoms with Crippen LogP contribution in [0.1, 0.15) is 25.3 Å². The molecule has 3 rings (SSSR count). The Morgan fingerprint density at radius 1 is 1.25 bits per heavy atom. The molecule has 0 bridgehead atoms. The molecular weight excluding hydrogens is 434 g/mol. The van der Waals surface area contributed by atoms with Crippen molar-refractivity contribution in [3.8, 4) is 11.5 Å². The molecule has 2 saturated heterocycles. The smallest absolute Gasteiger partial charge is 0.410 e. The molecule has 0 radical (unpaired) electrons. The molecule has 2 heterocycles. The summed E-state index contributed by atoms with van der Waals surface area (Å²) in [7, 11) is 3.29. The maximum absolute atomic E-state index is 12.2. The molecule has 9 nitrogen and oxygen atoms in total. The number of hydrogen-bond donors (Lipinski definition) is 1. The fourth-order valence-corrected chi connectivity index (χ4v) is 4.38. The van der Waals surface area contributed by atoms with Crippen molar-refractivity contribution in [3.05, 3.63) is 23.8 Å².